The first-order valence-electron chi connectivity index (χ1n) is 6.49. The van der Waals surface area contributed by atoms with E-state index in [4.69, 9.17) is 16.0 Å². The molecule has 1 N–H and O–H groups in total. The van der Waals surface area contributed by atoms with Crippen molar-refractivity contribution in [2.75, 3.05) is 12.3 Å². The monoisotopic (exact) mass is 320 g/mol. The Morgan fingerprint density at radius 1 is 1.38 bits per heavy atom. The molecular formula is C15H13ClN2O2S. The fraction of sp³-hybridized carbons (Fsp3) is 0.200. The van der Waals surface area contributed by atoms with Gasteiger partial charge in [-0.3, -0.25) is 15.1 Å². The van der Waals surface area contributed by atoms with Gasteiger partial charge in [0.25, 0.3) is 5.91 Å². The Labute approximate surface area is 131 Å². The zero-order chi connectivity index (χ0) is 14.8. The van der Waals surface area contributed by atoms with E-state index in [1.807, 2.05) is 25.1 Å². The lowest BCUT2D eigenvalue weighted by molar-refractivity contribution is 0.0952. The van der Waals surface area contributed by atoms with Crippen LogP contribution in [0.15, 0.2) is 39.7 Å². The summed E-state index contributed by atoms with van der Waals surface area (Å²) >= 11 is 7.64. The molecule has 0 spiro atoms. The van der Waals surface area contributed by atoms with Crippen LogP contribution < -0.4 is 5.32 Å². The van der Waals surface area contributed by atoms with Crippen molar-refractivity contribution in [3.05, 3.63) is 46.7 Å². The molecule has 108 valence electrons. The summed E-state index contributed by atoms with van der Waals surface area (Å²) in [5.41, 5.74) is 1.81. The summed E-state index contributed by atoms with van der Waals surface area (Å²) in [6.45, 7) is 2.66. The second-order valence-electron chi connectivity index (χ2n) is 4.57. The van der Waals surface area contributed by atoms with Crippen LogP contribution in [0.2, 0.25) is 5.02 Å². The van der Waals surface area contributed by atoms with Gasteiger partial charge in [0.2, 0.25) is 0 Å². The van der Waals surface area contributed by atoms with E-state index < -0.39 is 0 Å². The van der Waals surface area contributed by atoms with Gasteiger partial charge in [0.05, 0.1) is 6.54 Å². The molecule has 3 rings (SSSR count). The van der Waals surface area contributed by atoms with Crippen LogP contribution in [-0.2, 0) is 0 Å². The second kappa shape index (κ2) is 5.95. The van der Waals surface area contributed by atoms with Crippen molar-refractivity contribution in [3.8, 4) is 11.3 Å². The summed E-state index contributed by atoms with van der Waals surface area (Å²) < 4.78 is 5.64. The Balaban J connectivity index is 1.82. The van der Waals surface area contributed by atoms with Crippen molar-refractivity contribution in [3.63, 3.8) is 0 Å². The molecule has 4 nitrogen and oxygen atoms in total. The third-order valence-corrected chi connectivity index (χ3v) is 4.47. The van der Waals surface area contributed by atoms with Gasteiger partial charge in [0.15, 0.2) is 10.9 Å². The standard InChI is InChI=1S/C15H13ClN2O2S/c1-9-10(3-2-4-11(9)16)12-5-6-13(20-12)14(19)18-15-17-7-8-21-15/h2-6H,7-8H2,1H3,(H,17,18,19). The molecule has 0 atom stereocenters. The molecule has 1 aromatic heterocycles. The van der Waals surface area contributed by atoms with Crippen molar-refractivity contribution < 1.29 is 9.21 Å². The van der Waals surface area contributed by atoms with Gasteiger partial charge in [0.1, 0.15) is 5.76 Å². The molecule has 0 aliphatic carbocycles. The second-order valence-corrected chi connectivity index (χ2v) is 6.06. The Morgan fingerprint density at radius 3 is 3.00 bits per heavy atom. The molecular weight excluding hydrogens is 308 g/mol. The summed E-state index contributed by atoms with van der Waals surface area (Å²) in [5, 5.41) is 4.06. The molecule has 0 bridgehead atoms. The summed E-state index contributed by atoms with van der Waals surface area (Å²) in [6.07, 6.45) is 0. The average molecular weight is 321 g/mol. The van der Waals surface area contributed by atoms with Crippen LogP contribution in [0.5, 0.6) is 0 Å². The van der Waals surface area contributed by atoms with Gasteiger partial charge in [-0.25, -0.2) is 0 Å². The van der Waals surface area contributed by atoms with Crippen molar-refractivity contribution in [2.24, 2.45) is 4.99 Å². The van der Waals surface area contributed by atoms with Crippen molar-refractivity contribution >= 4 is 34.4 Å². The minimum Gasteiger partial charge on any atom is -0.451 e. The Morgan fingerprint density at radius 2 is 2.24 bits per heavy atom. The largest absolute Gasteiger partial charge is 0.451 e. The SMILES string of the molecule is Cc1c(Cl)cccc1-c1ccc(C(=O)NC2=NCCS2)o1. The molecule has 1 aliphatic rings. The number of amides is 1. The maximum Gasteiger partial charge on any atom is 0.292 e. The van der Waals surface area contributed by atoms with Crippen LogP contribution >= 0.6 is 23.4 Å². The molecule has 0 fully saturated rings. The fourth-order valence-electron chi connectivity index (χ4n) is 2.05. The van der Waals surface area contributed by atoms with Crippen LogP contribution in [-0.4, -0.2) is 23.4 Å². The molecule has 21 heavy (non-hydrogen) atoms. The van der Waals surface area contributed by atoms with Gasteiger partial charge < -0.3 is 4.42 Å². The molecule has 1 aliphatic heterocycles. The molecule has 1 aromatic carbocycles. The zero-order valence-electron chi connectivity index (χ0n) is 11.4. The van der Waals surface area contributed by atoms with E-state index in [9.17, 15) is 4.79 Å². The van der Waals surface area contributed by atoms with E-state index in [0.717, 1.165) is 23.4 Å². The molecule has 2 aromatic rings. The number of hydrogen-bond donors (Lipinski definition) is 1. The number of halogens is 1. The number of benzene rings is 1. The quantitative estimate of drug-likeness (QED) is 0.917. The van der Waals surface area contributed by atoms with Crippen molar-refractivity contribution in [2.45, 2.75) is 6.92 Å². The van der Waals surface area contributed by atoms with E-state index in [2.05, 4.69) is 10.3 Å². The van der Waals surface area contributed by atoms with Crippen molar-refractivity contribution in [1.82, 2.24) is 5.32 Å². The number of furan rings is 1. The van der Waals surface area contributed by atoms with Gasteiger partial charge >= 0.3 is 0 Å². The highest BCUT2D eigenvalue weighted by Gasteiger charge is 2.17. The summed E-state index contributed by atoms with van der Waals surface area (Å²) in [7, 11) is 0. The first-order valence-corrected chi connectivity index (χ1v) is 7.85. The molecule has 0 saturated heterocycles. The normalized spacial score (nSPS) is 14.1. The maximum atomic E-state index is 12.1. The first kappa shape index (κ1) is 14.2. The van der Waals surface area contributed by atoms with Gasteiger partial charge in [-0.05, 0) is 30.7 Å². The van der Waals surface area contributed by atoms with Crippen LogP contribution in [0.25, 0.3) is 11.3 Å². The Bertz CT molecular complexity index is 724. The number of nitrogens with zero attached hydrogens (tertiary/aromatic N) is 1. The predicted octanol–water partition coefficient (Wildman–Crippen LogP) is 3.74. The predicted molar refractivity (Wildman–Crippen MR) is 86.1 cm³/mol. The summed E-state index contributed by atoms with van der Waals surface area (Å²) in [6, 6.07) is 9.03. The molecule has 0 unspecified atom stereocenters. The fourth-order valence-corrected chi connectivity index (χ4v) is 2.95. The molecule has 2 heterocycles. The highest BCUT2D eigenvalue weighted by molar-refractivity contribution is 8.14. The third-order valence-electron chi connectivity index (χ3n) is 3.17. The third kappa shape index (κ3) is 2.99. The van der Waals surface area contributed by atoms with Crippen LogP contribution in [0, 0.1) is 6.92 Å². The lowest BCUT2D eigenvalue weighted by atomic mass is 10.1. The number of nitrogens with one attached hydrogen (secondary N) is 1. The van der Waals surface area contributed by atoms with Gasteiger partial charge in [-0.1, -0.05) is 35.5 Å². The average Bonchev–Trinajstić information content (AvgIpc) is 3.12. The smallest absolute Gasteiger partial charge is 0.292 e. The van der Waals surface area contributed by atoms with E-state index >= 15 is 0 Å². The summed E-state index contributed by atoms with van der Waals surface area (Å²) in [5.74, 6) is 1.51. The molecule has 6 heteroatoms. The summed E-state index contributed by atoms with van der Waals surface area (Å²) in [4.78, 5) is 16.3. The number of amidine groups is 1. The Hall–Kier alpha value is -1.72. The number of thioether (sulfide) groups is 1. The van der Waals surface area contributed by atoms with Gasteiger partial charge in [-0.15, -0.1) is 0 Å². The Kier molecular flexibility index (Phi) is 4.03. The van der Waals surface area contributed by atoms with E-state index in [1.165, 1.54) is 11.8 Å². The van der Waals surface area contributed by atoms with Crippen LogP contribution in [0.3, 0.4) is 0 Å². The van der Waals surface area contributed by atoms with E-state index in [1.54, 1.807) is 12.1 Å². The number of carbonyl (C=O) groups excluding carboxylic acids is 1. The molecule has 0 saturated carbocycles. The van der Waals surface area contributed by atoms with Gasteiger partial charge in [0, 0.05) is 16.3 Å². The van der Waals surface area contributed by atoms with Gasteiger partial charge in [-0.2, -0.15) is 0 Å². The number of carbonyl (C=O) groups is 1. The highest BCUT2D eigenvalue weighted by Crippen LogP contribution is 2.29. The topological polar surface area (TPSA) is 54.6 Å². The lowest BCUT2D eigenvalue weighted by Gasteiger charge is -2.04. The molecule has 1 amide bonds. The van der Waals surface area contributed by atoms with Crippen LogP contribution in [0.4, 0.5) is 0 Å². The lowest BCUT2D eigenvalue weighted by Crippen LogP contribution is -2.26. The van der Waals surface area contributed by atoms with Crippen molar-refractivity contribution in [1.29, 1.82) is 0 Å². The zero-order valence-corrected chi connectivity index (χ0v) is 12.9. The molecule has 0 radical (unpaired) electrons. The first-order chi connectivity index (χ1) is 10.1. The minimum atomic E-state index is -0.283. The maximum absolute atomic E-state index is 12.1. The number of aliphatic imine (C=N–C) groups is 1. The number of hydrogen-bond acceptors (Lipinski definition) is 4. The van der Waals surface area contributed by atoms with Crippen LogP contribution in [0.1, 0.15) is 16.1 Å². The number of rotatable bonds is 2. The minimum absolute atomic E-state index is 0.263. The highest BCUT2D eigenvalue weighted by atomic mass is 35.5. The van der Waals surface area contributed by atoms with E-state index in [0.29, 0.717) is 16.0 Å². The van der Waals surface area contributed by atoms with E-state index in [-0.39, 0.29) is 11.7 Å².